The van der Waals surface area contributed by atoms with Gasteiger partial charge in [-0.3, -0.25) is 4.79 Å². The Balaban J connectivity index is 1.87. The standard InChI is InChI=1S/C22H22BO2/c1-16(19-8-5-6-10-21(19)22-13-23-22)11-12-17-7-3-4-9-20(17)18(14-24)15-25-2/h3-11,14-15,22H,12-13H2,1-2H3/b16-11+,18-15-. The van der Waals surface area contributed by atoms with Crippen molar-refractivity contribution in [1.29, 1.82) is 0 Å². The summed E-state index contributed by atoms with van der Waals surface area (Å²) in [6, 6.07) is 16.6. The first-order valence-corrected chi connectivity index (χ1v) is 8.60. The molecule has 1 heterocycles. The largest absolute Gasteiger partial charge is 0.504 e. The van der Waals surface area contributed by atoms with Crippen LogP contribution in [-0.4, -0.2) is 20.7 Å². The van der Waals surface area contributed by atoms with E-state index in [9.17, 15) is 4.79 Å². The number of benzene rings is 2. The zero-order valence-electron chi connectivity index (χ0n) is 14.7. The van der Waals surface area contributed by atoms with Gasteiger partial charge in [-0.25, -0.2) is 0 Å². The minimum absolute atomic E-state index is 0.567. The first kappa shape index (κ1) is 17.3. The fraction of sp³-hybridized carbons (Fsp3) is 0.227. The van der Waals surface area contributed by atoms with E-state index < -0.39 is 0 Å². The normalized spacial score (nSPS) is 17.0. The van der Waals surface area contributed by atoms with Gasteiger partial charge in [0.05, 0.1) is 18.9 Å². The van der Waals surface area contributed by atoms with Crippen molar-refractivity contribution in [3.8, 4) is 0 Å². The summed E-state index contributed by atoms with van der Waals surface area (Å²) in [5.74, 6) is 0.609. The molecule has 3 heteroatoms. The van der Waals surface area contributed by atoms with Crippen LogP contribution in [0.2, 0.25) is 6.32 Å². The fourth-order valence-corrected chi connectivity index (χ4v) is 3.14. The number of hydrogen-bond donors (Lipinski definition) is 0. The number of methoxy groups -OCH3 is 1. The minimum atomic E-state index is 0.567. The number of hydrogen-bond acceptors (Lipinski definition) is 2. The molecule has 2 aromatic rings. The van der Waals surface area contributed by atoms with E-state index in [1.807, 2.05) is 18.2 Å². The molecule has 1 aliphatic heterocycles. The van der Waals surface area contributed by atoms with Crippen molar-refractivity contribution in [2.45, 2.75) is 25.5 Å². The maximum absolute atomic E-state index is 11.4. The highest BCUT2D eigenvalue weighted by atomic mass is 16.5. The number of carbonyl (C=O) groups excluding carboxylic acids is 1. The summed E-state index contributed by atoms with van der Waals surface area (Å²) in [5.41, 5.74) is 6.62. The highest BCUT2D eigenvalue weighted by molar-refractivity contribution is 6.51. The van der Waals surface area contributed by atoms with Crippen molar-refractivity contribution < 1.29 is 9.53 Å². The molecule has 0 spiro atoms. The van der Waals surface area contributed by atoms with E-state index in [-0.39, 0.29) is 0 Å². The summed E-state index contributed by atoms with van der Waals surface area (Å²) in [6.45, 7) is 2.16. The summed E-state index contributed by atoms with van der Waals surface area (Å²) >= 11 is 0. The van der Waals surface area contributed by atoms with Crippen LogP contribution in [0.3, 0.4) is 0 Å². The topological polar surface area (TPSA) is 26.3 Å². The van der Waals surface area contributed by atoms with Crippen LogP contribution >= 0.6 is 0 Å². The van der Waals surface area contributed by atoms with Crippen molar-refractivity contribution in [2.75, 3.05) is 7.11 Å². The molecule has 3 rings (SSSR count). The molecule has 125 valence electrons. The SMILES string of the molecule is CO/C=C(/C=O)c1ccccc1C/C=C(\C)c1ccccc1C1[B]C1. The summed E-state index contributed by atoms with van der Waals surface area (Å²) in [7, 11) is 3.90. The third-order valence-corrected chi connectivity index (χ3v) is 4.58. The van der Waals surface area contributed by atoms with Crippen LogP contribution in [0.1, 0.15) is 35.0 Å². The predicted octanol–water partition coefficient (Wildman–Crippen LogP) is 4.70. The van der Waals surface area contributed by atoms with E-state index >= 15 is 0 Å². The predicted molar refractivity (Wildman–Crippen MR) is 105 cm³/mol. The Kier molecular flexibility index (Phi) is 5.54. The summed E-state index contributed by atoms with van der Waals surface area (Å²) in [4.78, 5) is 11.4. The van der Waals surface area contributed by atoms with Crippen LogP contribution in [0, 0.1) is 0 Å². The van der Waals surface area contributed by atoms with Gasteiger partial charge in [0, 0.05) is 0 Å². The summed E-state index contributed by atoms with van der Waals surface area (Å²) < 4.78 is 5.04. The van der Waals surface area contributed by atoms with Gasteiger partial charge in [-0.1, -0.05) is 66.7 Å². The number of aldehydes is 1. The Labute approximate surface area is 150 Å². The maximum Gasteiger partial charge on any atom is 0.153 e. The number of ether oxygens (including phenoxy) is 1. The third kappa shape index (κ3) is 4.11. The number of rotatable bonds is 7. The maximum atomic E-state index is 11.4. The second kappa shape index (κ2) is 8.02. The first-order chi connectivity index (χ1) is 12.2. The van der Waals surface area contributed by atoms with Gasteiger partial charge in [0.1, 0.15) is 7.28 Å². The molecular formula is C22H22BO2. The van der Waals surface area contributed by atoms with Crippen molar-refractivity contribution in [3.05, 3.63) is 83.1 Å². The van der Waals surface area contributed by atoms with E-state index in [0.717, 1.165) is 23.8 Å². The van der Waals surface area contributed by atoms with E-state index in [4.69, 9.17) is 4.74 Å². The van der Waals surface area contributed by atoms with Crippen LogP contribution < -0.4 is 0 Å². The quantitative estimate of drug-likeness (QED) is 0.319. The zero-order chi connectivity index (χ0) is 17.6. The lowest BCUT2D eigenvalue weighted by molar-refractivity contribution is -0.103. The first-order valence-electron chi connectivity index (χ1n) is 8.60. The molecule has 1 unspecified atom stereocenters. The molecule has 25 heavy (non-hydrogen) atoms. The Morgan fingerprint density at radius 1 is 1.16 bits per heavy atom. The minimum Gasteiger partial charge on any atom is -0.504 e. The van der Waals surface area contributed by atoms with E-state index in [0.29, 0.717) is 11.4 Å². The van der Waals surface area contributed by atoms with Crippen molar-refractivity contribution in [2.24, 2.45) is 0 Å². The Bertz CT molecular complexity index is 816. The lowest BCUT2D eigenvalue weighted by Crippen LogP contribution is -1.95. The smallest absolute Gasteiger partial charge is 0.153 e. The lowest BCUT2D eigenvalue weighted by Gasteiger charge is -2.11. The van der Waals surface area contributed by atoms with Crippen molar-refractivity contribution in [3.63, 3.8) is 0 Å². The van der Waals surface area contributed by atoms with Gasteiger partial charge < -0.3 is 4.74 Å². The average Bonchev–Trinajstić information content (AvgIpc) is 3.49. The Hall–Kier alpha value is -2.55. The molecular weight excluding hydrogens is 307 g/mol. The van der Waals surface area contributed by atoms with E-state index in [1.54, 1.807) is 7.11 Å². The second-order valence-corrected chi connectivity index (χ2v) is 6.34. The number of allylic oxidation sites excluding steroid dienone is 3. The molecule has 1 aliphatic rings. The lowest BCUT2D eigenvalue weighted by atomic mass is 9.89. The number of carbonyl (C=O) groups is 1. The highest BCUT2D eigenvalue weighted by Crippen LogP contribution is 2.37. The molecule has 1 fully saturated rings. The molecule has 0 aromatic heterocycles. The van der Waals surface area contributed by atoms with Gasteiger partial charge >= 0.3 is 0 Å². The van der Waals surface area contributed by atoms with Crippen LogP contribution in [-0.2, 0) is 16.0 Å². The molecule has 0 aliphatic carbocycles. The molecule has 2 nitrogen and oxygen atoms in total. The highest BCUT2D eigenvalue weighted by Gasteiger charge is 2.27. The Morgan fingerprint density at radius 2 is 1.84 bits per heavy atom. The molecule has 0 bridgehead atoms. The second-order valence-electron chi connectivity index (χ2n) is 6.34. The van der Waals surface area contributed by atoms with E-state index in [1.165, 1.54) is 29.3 Å². The molecule has 0 saturated carbocycles. The van der Waals surface area contributed by atoms with Gasteiger partial charge in [0.25, 0.3) is 0 Å². The van der Waals surface area contributed by atoms with Crippen LogP contribution in [0.5, 0.6) is 0 Å². The molecule has 0 amide bonds. The van der Waals surface area contributed by atoms with Gasteiger partial charge in [-0.2, -0.15) is 0 Å². The van der Waals surface area contributed by atoms with Gasteiger partial charge in [-0.15, -0.1) is 0 Å². The molecule has 2 aromatic carbocycles. The fourth-order valence-electron chi connectivity index (χ4n) is 3.14. The molecule has 0 N–H and O–H groups in total. The van der Waals surface area contributed by atoms with Crippen molar-refractivity contribution >= 4 is 24.7 Å². The van der Waals surface area contributed by atoms with Gasteiger partial charge in [-0.05, 0) is 41.2 Å². The molecule has 1 radical (unpaired) electrons. The van der Waals surface area contributed by atoms with Crippen LogP contribution in [0.25, 0.3) is 11.1 Å². The summed E-state index contributed by atoms with van der Waals surface area (Å²) in [6.07, 6.45) is 6.55. The molecule has 1 atom stereocenters. The van der Waals surface area contributed by atoms with Crippen LogP contribution in [0.4, 0.5) is 0 Å². The molecule has 1 saturated heterocycles. The van der Waals surface area contributed by atoms with E-state index in [2.05, 4.69) is 50.6 Å². The van der Waals surface area contributed by atoms with Gasteiger partial charge in [0.15, 0.2) is 6.29 Å². The third-order valence-electron chi connectivity index (χ3n) is 4.58. The zero-order valence-corrected chi connectivity index (χ0v) is 14.7. The van der Waals surface area contributed by atoms with Gasteiger partial charge in [0.2, 0.25) is 0 Å². The van der Waals surface area contributed by atoms with Crippen molar-refractivity contribution in [1.82, 2.24) is 0 Å². The average molecular weight is 329 g/mol. The van der Waals surface area contributed by atoms with Crippen LogP contribution in [0.15, 0.2) is 60.9 Å². The Morgan fingerprint density at radius 3 is 2.52 bits per heavy atom. The monoisotopic (exact) mass is 329 g/mol. The summed E-state index contributed by atoms with van der Waals surface area (Å²) in [5, 5.41) is 0.